The summed E-state index contributed by atoms with van der Waals surface area (Å²) in [6.07, 6.45) is 4.98. The van der Waals surface area contributed by atoms with Gasteiger partial charge in [-0.1, -0.05) is 41.7 Å². The number of pyridine rings is 1. The van der Waals surface area contributed by atoms with Gasteiger partial charge in [-0.2, -0.15) is 0 Å². The second-order valence-corrected chi connectivity index (χ2v) is 7.47. The molecule has 0 spiro atoms. The van der Waals surface area contributed by atoms with E-state index < -0.39 is 0 Å². The van der Waals surface area contributed by atoms with Crippen molar-refractivity contribution in [1.29, 1.82) is 0 Å². The van der Waals surface area contributed by atoms with Gasteiger partial charge in [-0.25, -0.2) is 9.97 Å². The van der Waals surface area contributed by atoms with Crippen LogP contribution in [0.4, 0.5) is 5.13 Å². The Morgan fingerprint density at radius 3 is 2.45 bits per heavy atom. The second kappa shape index (κ2) is 7.37. The lowest BCUT2D eigenvalue weighted by Gasteiger charge is -2.19. The topological polar surface area (TPSA) is 71.9 Å². The maximum Gasteiger partial charge on any atom is 0.280 e. The van der Waals surface area contributed by atoms with Gasteiger partial charge in [-0.05, 0) is 35.9 Å². The van der Waals surface area contributed by atoms with Gasteiger partial charge >= 0.3 is 0 Å². The highest BCUT2D eigenvalue weighted by molar-refractivity contribution is 7.22. The third-order valence-corrected chi connectivity index (χ3v) is 5.55. The van der Waals surface area contributed by atoms with Crippen molar-refractivity contribution >= 4 is 43.6 Å². The number of para-hydroxylation sites is 3. The zero-order valence-electron chi connectivity index (χ0n) is 15.3. The lowest BCUT2D eigenvalue weighted by atomic mass is 10.2. The van der Waals surface area contributed by atoms with Gasteiger partial charge in [-0.3, -0.25) is 19.7 Å². The molecule has 0 aliphatic carbocycles. The van der Waals surface area contributed by atoms with Gasteiger partial charge in [0.2, 0.25) is 0 Å². The molecule has 0 N–H and O–H groups in total. The molecule has 3 aromatic heterocycles. The molecule has 7 heteroatoms. The summed E-state index contributed by atoms with van der Waals surface area (Å²) >= 11 is 1.48. The molecule has 0 aliphatic heterocycles. The molecule has 5 rings (SSSR count). The van der Waals surface area contributed by atoms with Crippen LogP contribution in [0, 0.1) is 0 Å². The number of hydrogen-bond donors (Lipinski definition) is 0. The Balaban J connectivity index is 1.58. The smallest absolute Gasteiger partial charge is 0.278 e. The zero-order valence-corrected chi connectivity index (χ0v) is 16.1. The van der Waals surface area contributed by atoms with Crippen molar-refractivity contribution in [3.63, 3.8) is 0 Å². The van der Waals surface area contributed by atoms with E-state index in [1.807, 2.05) is 60.7 Å². The van der Waals surface area contributed by atoms with Crippen LogP contribution in [0.3, 0.4) is 0 Å². The summed E-state index contributed by atoms with van der Waals surface area (Å²) in [5.74, 6) is -0.244. The maximum absolute atomic E-state index is 13.4. The van der Waals surface area contributed by atoms with Crippen LogP contribution in [-0.2, 0) is 6.54 Å². The number of fused-ring (bicyclic) bond motifs is 2. The van der Waals surface area contributed by atoms with Crippen LogP contribution in [0.15, 0.2) is 79.3 Å². The van der Waals surface area contributed by atoms with Gasteiger partial charge in [0.1, 0.15) is 5.69 Å². The van der Waals surface area contributed by atoms with Crippen molar-refractivity contribution in [3.8, 4) is 0 Å². The molecule has 0 aliphatic rings. The molecule has 5 aromatic rings. The maximum atomic E-state index is 13.4. The van der Waals surface area contributed by atoms with E-state index in [4.69, 9.17) is 0 Å². The van der Waals surface area contributed by atoms with E-state index in [1.165, 1.54) is 17.5 Å². The first-order chi connectivity index (χ1) is 14.3. The Morgan fingerprint density at radius 2 is 1.66 bits per heavy atom. The van der Waals surface area contributed by atoms with Crippen LogP contribution in [0.2, 0.25) is 0 Å². The van der Waals surface area contributed by atoms with Crippen molar-refractivity contribution in [1.82, 2.24) is 19.9 Å². The zero-order chi connectivity index (χ0) is 19.6. The fraction of sp³-hybridized carbons (Fsp3) is 0.0455. The highest BCUT2D eigenvalue weighted by Crippen LogP contribution is 2.30. The molecule has 0 saturated heterocycles. The summed E-state index contributed by atoms with van der Waals surface area (Å²) in [5, 5.41) is 0.620. The highest BCUT2D eigenvalue weighted by Gasteiger charge is 2.23. The first-order valence-corrected chi connectivity index (χ1v) is 9.88. The predicted molar refractivity (Wildman–Crippen MR) is 114 cm³/mol. The van der Waals surface area contributed by atoms with E-state index in [2.05, 4.69) is 19.9 Å². The van der Waals surface area contributed by atoms with Gasteiger partial charge in [0.15, 0.2) is 5.13 Å². The number of carbonyl (C=O) groups is 1. The molecule has 0 radical (unpaired) electrons. The van der Waals surface area contributed by atoms with Gasteiger partial charge in [0.05, 0.1) is 34.0 Å². The number of rotatable bonds is 4. The van der Waals surface area contributed by atoms with Crippen LogP contribution >= 0.6 is 11.3 Å². The molecule has 3 heterocycles. The number of benzene rings is 2. The van der Waals surface area contributed by atoms with E-state index in [0.29, 0.717) is 17.2 Å². The average molecular weight is 397 g/mol. The fourth-order valence-electron chi connectivity index (χ4n) is 3.07. The van der Waals surface area contributed by atoms with E-state index in [9.17, 15) is 4.79 Å². The molecule has 0 unspecified atom stereocenters. The van der Waals surface area contributed by atoms with Crippen molar-refractivity contribution in [2.45, 2.75) is 6.54 Å². The van der Waals surface area contributed by atoms with Crippen molar-refractivity contribution in [3.05, 3.63) is 90.5 Å². The minimum atomic E-state index is -0.244. The second-order valence-electron chi connectivity index (χ2n) is 6.46. The lowest BCUT2D eigenvalue weighted by molar-refractivity contribution is 0.0980. The highest BCUT2D eigenvalue weighted by atomic mass is 32.1. The van der Waals surface area contributed by atoms with E-state index in [0.717, 1.165) is 21.3 Å². The number of aromatic nitrogens is 4. The Bertz CT molecular complexity index is 1290. The molecular formula is C22H15N5OS. The summed E-state index contributed by atoms with van der Waals surface area (Å²) in [5.41, 5.74) is 3.49. The van der Waals surface area contributed by atoms with Crippen LogP contribution in [-0.4, -0.2) is 25.8 Å². The van der Waals surface area contributed by atoms with Crippen LogP contribution in [0.5, 0.6) is 0 Å². The standard InChI is InChI=1S/C22H15N5OS/c28-21(19-13-24-16-7-1-2-8-17(16)25-19)27(14-15-6-5-11-23-12-15)22-26-18-9-3-4-10-20(18)29-22/h1-13H,14H2. The Kier molecular flexibility index (Phi) is 4.42. The molecule has 6 nitrogen and oxygen atoms in total. The number of nitrogens with zero attached hydrogens (tertiary/aromatic N) is 5. The minimum absolute atomic E-state index is 0.244. The van der Waals surface area contributed by atoms with Gasteiger partial charge < -0.3 is 0 Å². The molecule has 0 atom stereocenters. The average Bonchev–Trinajstić information content (AvgIpc) is 3.21. The Labute approximate surface area is 170 Å². The van der Waals surface area contributed by atoms with Crippen molar-refractivity contribution in [2.24, 2.45) is 0 Å². The number of anilines is 1. The first kappa shape index (κ1) is 17.4. The van der Waals surface area contributed by atoms with E-state index in [-0.39, 0.29) is 11.6 Å². The minimum Gasteiger partial charge on any atom is -0.278 e. The molecule has 0 fully saturated rings. The van der Waals surface area contributed by atoms with Crippen LogP contribution in [0.25, 0.3) is 21.3 Å². The normalized spacial score (nSPS) is 11.0. The summed E-state index contributed by atoms with van der Waals surface area (Å²) < 4.78 is 1.02. The predicted octanol–water partition coefficient (Wildman–Crippen LogP) is 4.48. The number of amides is 1. The quantitative estimate of drug-likeness (QED) is 0.447. The van der Waals surface area contributed by atoms with Gasteiger partial charge in [0.25, 0.3) is 5.91 Å². The third kappa shape index (κ3) is 3.43. The summed E-state index contributed by atoms with van der Waals surface area (Å²) in [7, 11) is 0. The molecule has 0 bridgehead atoms. The largest absolute Gasteiger partial charge is 0.280 e. The number of hydrogen-bond acceptors (Lipinski definition) is 6. The summed E-state index contributed by atoms with van der Waals surface area (Å²) in [4.78, 5) is 32.8. The monoisotopic (exact) mass is 397 g/mol. The van der Waals surface area contributed by atoms with Crippen molar-refractivity contribution < 1.29 is 4.79 Å². The molecule has 2 aromatic carbocycles. The first-order valence-electron chi connectivity index (χ1n) is 9.06. The van der Waals surface area contributed by atoms with Gasteiger partial charge in [-0.15, -0.1) is 0 Å². The lowest BCUT2D eigenvalue weighted by Crippen LogP contribution is -2.31. The Hall–Kier alpha value is -3.71. The third-order valence-electron chi connectivity index (χ3n) is 4.49. The van der Waals surface area contributed by atoms with Crippen LogP contribution in [0.1, 0.15) is 16.1 Å². The fourth-order valence-corrected chi connectivity index (χ4v) is 4.04. The van der Waals surface area contributed by atoms with Crippen molar-refractivity contribution in [2.75, 3.05) is 4.90 Å². The number of carbonyl (C=O) groups excluding carboxylic acids is 1. The number of thiazole rings is 1. The SMILES string of the molecule is O=C(c1cnc2ccccc2n1)N(Cc1cccnc1)c1nc2ccccc2s1. The summed E-state index contributed by atoms with van der Waals surface area (Å²) in [6, 6.07) is 19.1. The van der Waals surface area contributed by atoms with E-state index >= 15 is 0 Å². The molecule has 29 heavy (non-hydrogen) atoms. The van der Waals surface area contributed by atoms with Gasteiger partial charge in [0, 0.05) is 12.4 Å². The molecule has 140 valence electrons. The molecule has 0 saturated carbocycles. The van der Waals surface area contributed by atoms with Crippen LogP contribution < -0.4 is 4.90 Å². The van der Waals surface area contributed by atoms with E-state index in [1.54, 1.807) is 17.3 Å². The Morgan fingerprint density at radius 1 is 0.862 bits per heavy atom. The molecule has 1 amide bonds. The summed E-state index contributed by atoms with van der Waals surface area (Å²) in [6.45, 7) is 0.348. The molecular weight excluding hydrogens is 382 g/mol.